The number of Topliss-reactive ketones (excluding diaryl/α,β-unsaturated/α-hetero) is 1. The zero-order valence-electron chi connectivity index (χ0n) is 8.42. The lowest BCUT2D eigenvalue weighted by molar-refractivity contribution is 0.104. The molecule has 1 aromatic rings. The summed E-state index contributed by atoms with van der Waals surface area (Å²) in [5.41, 5.74) is 4.37. The number of hydrogen-bond acceptors (Lipinski definition) is 1. The first-order valence-electron chi connectivity index (χ1n) is 4.72. The summed E-state index contributed by atoms with van der Waals surface area (Å²) in [5.74, 6) is 0.0972. The van der Waals surface area contributed by atoms with Crippen LogP contribution < -0.4 is 5.46 Å². The normalized spacial score (nSPS) is 17.6. The summed E-state index contributed by atoms with van der Waals surface area (Å²) >= 11 is 0. The van der Waals surface area contributed by atoms with Crippen LogP contribution in [0.1, 0.15) is 28.4 Å². The van der Waals surface area contributed by atoms with E-state index in [2.05, 4.69) is 0 Å². The lowest BCUT2D eigenvalue weighted by Crippen LogP contribution is -2.14. The molecule has 68 valence electrons. The lowest BCUT2D eigenvalue weighted by atomic mass is 9.86. The molecule has 2 heteroatoms. The maximum absolute atomic E-state index is 11.8. The van der Waals surface area contributed by atoms with Crippen LogP contribution >= 0.6 is 0 Å². The third kappa shape index (κ3) is 1.22. The molecule has 1 aliphatic carbocycles. The highest BCUT2D eigenvalue weighted by Gasteiger charge is 2.25. The topological polar surface area (TPSA) is 17.1 Å². The quantitative estimate of drug-likeness (QED) is 0.438. The maximum atomic E-state index is 11.8. The number of fused-ring (bicyclic) bond motifs is 1. The average molecular weight is 182 g/mol. The fourth-order valence-electron chi connectivity index (χ4n) is 1.99. The minimum absolute atomic E-state index is 0.0972. The van der Waals surface area contributed by atoms with Crippen LogP contribution in [0.5, 0.6) is 0 Å². The average Bonchev–Trinajstić information content (AvgIpc) is 2.42. The smallest absolute Gasteiger partial charge is 0.188 e. The SMILES string of the molecule is [B]c1cc(C)cc2c1C(=O)/C(=C\C)C2. The summed E-state index contributed by atoms with van der Waals surface area (Å²) in [6, 6.07) is 3.90. The Hall–Kier alpha value is -1.31. The summed E-state index contributed by atoms with van der Waals surface area (Å²) < 4.78 is 0. The molecular weight excluding hydrogens is 171 g/mol. The Morgan fingerprint density at radius 2 is 2.14 bits per heavy atom. The van der Waals surface area contributed by atoms with Gasteiger partial charge in [-0.1, -0.05) is 29.2 Å². The first kappa shape index (κ1) is 9.26. The molecule has 14 heavy (non-hydrogen) atoms. The van der Waals surface area contributed by atoms with Gasteiger partial charge in [0.1, 0.15) is 7.85 Å². The van der Waals surface area contributed by atoms with Gasteiger partial charge in [0.15, 0.2) is 5.78 Å². The van der Waals surface area contributed by atoms with Crippen molar-refractivity contribution in [3.63, 3.8) is 0 Å². The van der Waals surface area contributed by atoms with E-state index in [4.69, 9.17) is 7.85 Å². The van der Waals surface area contributed by atoms with E-state index in [0.29, 0.717) is 11.0 Å². The van der Waals surface area contributed by atoms with Gasteiger partial charge in [-0.25, -0.2) is 0 Å². The van der Waals surface area contributed by atoms with Gasteiger partial charge in [0.05, 0.1) is 0 Å². The molecule has 1 nitrogen and oxygen atoms in total. The number of hydrogen-bond donors (Lipinski definition) is 0. The first-order chi connectivity index (χ1) is 6.63. The number of ketones is 1. The van der Waals surface area contributed by atoms with Gasteiger partial charge in [-0.05, 0) is 19.4 Å². The molecule has 0 aromatic heterocycles. The fraction of sp³-hybridized carbons (Fsp3) is 0.250. The van der Waals surface area contributed by atoms with Crippen LogP contribution in [0, 0.1) is 6.92 Å². The zero-order valence-corrected chi connectivity index (χ0v) is 8.42. The Morgan fingerprint density at radius 1 is 1.43 bits per heavy atom. The van der Waals surface area contributed by atoms with Gasteiger partial charge >= 0.3 is 0 Å². The van der Waals surface area contributed by atoms with E-state index in [1.165, 1.54) is 0 Å². The Kier molecular flexibility index (Phi) is 2.07. The Morgan fingerprint density at radius 3 is 2.79 bits per heavy atom. The Bertz CT molecular complexity index is 444. The molecule has 0 saturated carbocycles. The molecule has 0 N–H and O–H groups in total. The number of aryl methyl sites for hydroxylation is 1. The van der Waals surface area contributed by atoms with Crippen molar-refractivity contribution in [3.8, 4) is 0 Å². The van der Waals surface area contributed by atoms with Gasteiger partial charge in [0.25, 0.3) is 0 Å². The van der Waals surface area contributed by atoms with Crippen molar-refractivity contribution in [2.45, 2.75) is 20.3 Å². The second kappa shape index (κ2) is 3.12. The number of benzene rings is 1. The van der Waals surface area contributed by atoms with Crippen molar-refractivity contribution in [3.05, 3.63) is 40.5 Å². The molecular formula is C12H11BO. The van der Waals surface area contributed by atoms with E-state index in [1.54, 1.807) is 0 Å². The van der Waals surface area contributed by atoms with E-state index in [1.807, 2.05) is 32.1 Å². The summed E-state index contributed by atoms with van der Waals surface area (Å²) in [7, 11) is 5.83. The number of carbonyl (C=O) groups is 1. The van der Waals surface area contributed by atoms with E-state index < -0.39 is 0 Å². The van der Waals surface area contributed by atoms with Crippen LogP contribution in [0.2, 0.25) is 0 Å². The van der Waals surface area contributed by atoms with E-state index in [9.17, 15) is 4.79 Å². The first-order valence-corrected chi connectivity index (χ1v) is 4.72. The van der Waals surface area contributed by atoms with Gasteiger partial charge in [0, 0.05) is 17.6 Å². The van der Waals surface area contributed by atoms with Crippen molar-refractivity contribution < 1.29 is 4.79 Å². The van der Waals surface area contributed by atoms with Crippen molar-refractivity contribution in [1.82, 2.24) is 0 Å². The molecule has 0 heterocycles. The highest BCUT2D eigenvalue weighted by molar-refractivity contribution is 6.38. The van der Waals surface area contributed by atoms with Crippen molar-refractivity contribution in [2.75, 3.05) is 0 Å². The summed E-state index contributed by atoms with van der Waals surface area (Å²) in [6.07, 6.45) is 2.60. The number of allylic oxidation sites excluding steroid dienone is 2. The molecule has 1 aliphatic rings. The standard InChI is InChI=1S/C12H11BO/c1-3-8-6-9-4-7(2)5-10(13)11(9)12(8)14/h3-5H,6H2,1-2H3/b8-3-. The minimum atomic E-state index is 0.0972. The van der Waals surface area contributed by atoms with Crippen LogP contribution in [0.15, 0.2) is 23.8 Å². The van der Waals surface area contributed by atoms with Gasteiger partial charge in [-0.2, -0.15) is 0 Å². The lowest BCUT2D eigenvalue weighted by Gasteiger charge is -2.03. The summed E-state index contributed by atoms with van der Waals surface area (Å²) in [6.45, 7) is 3.89. The van der Waals surface area contributed by atoms with E-state index >= 15 is 0 Å². The van der Waals surface area contributed by atoms with Gasteiger partial charge in [-0.15, -0.1) is 0 Å². The molecule has 0 atom stereocenters. The molecule has 2 rings (SSSR count). The third-order valence-corrected chi connectivity index (χ3v) is 2.64. The highest BCUT2D eigenvalue weighted by atomic mass is 16.1. The zero-order chi connectivity index (χ0) is 10.3. The largest absolute Gasteiger partial charge is 0.289 e. The maximum Gasteiger partial charge on any atom is 0.188 e. The van der Waals surface area contributed by atoms with Crippen molar-refractivity contribution >= 4 is 19.1 Å². The van der Waals surface area contributed by atoms with Crippen LogP contribution in [0.3, 0.4) is 0 Å². The highest BCUT2D eigenvalue weighted by Crippen LogP contribution is 2.25. The van der Waals surface area contributed by atoms with Crippen LogP contribution in [-0.2, 0) is 6.42 Å². The predicted octanol–water partition coefficient (Wildman–Crippen LogP) is 1.47. The fourth-order valence-corrected chi connectivity index (χ4v) is 1.99. The minimum Gasteiger partial charge on any atom is -0.289 e. The molecule has 0 amide bonds. The molecule has 1 aromatic carbocycles. The third-order valence-electron chi connectivity index (χ3n) is 2.64. The molecule has 2 radical (unpaired) electrons. The molecule has 0 spiro atoms. The summed E-state index contributed by atoms with van der Waals surface area (Å²) in [4.78, 5) is 11.8. The van der Waals surface area contributed by atoms with Crippen molar-refractivity contribution in [1.29, 1.82) is 0 Å². The van der Waals surface area contributed by atoms with E-state index in [0.717, 1.165) is 23.1 Å². The van der Waals surface area contributed by atoms with Gasteiger partial charge < -0.3 is 0 Å². The predicted molar refractivity (Wildman–Crippen MR) is 58.4 cm³/mol. The number of rotatable bonds is 0. The van der Waals surface area contributed by atoms with Crippen LogP contribution in [-0.4, -0.2) is 13.6 Å². The molecule has 0 fully saturated rings. The summed E-state index contributed by atoms with van der Waals surface area (Å²) in [5, 5.41) is 0. The van der Waals surface area contributed by atoms with Gasteiger partial charge in [-0.3, -0.25) is 4.79 Å². The Balaban J connectivity index is 2.65. The van der Waals surface area contributed by atoms with Crippen LogP contribution in [0.4, 0.5) is 0 Å². The number of carbonyl (C=O) groups excluding carboxylic acids is 1. The van der Waals surface area contributed by atoms with Crippen molar-refractivity contribution in [2.24, 2.45) is 0 Å². The second-order valence-electron chi connectivity index (χ2n) is 3.71. The molecule has 0 saturated heterocycles. The monoisotopic (exact) mass is 182 g/mol. The molecule has 0 aliphatic heterocycles. The van der Waals surface area contributed by atoms with E-state index in [-0.39, 0.29) is 5.78 Å². The van der Waals surface area contributed by atoms with Gasteiger partial charge in [0.2, 0.25) is 0 Å². The molecule has 0 bridgehead atoms. The second-order valence-corrected chi connectivity index (χ2v) is 3.71. The molecule has 0 unspecified atom stereocenters. The Labute approximate surface area is 85.2 Å². The van der Waals surface area contributed by atoms with Crippen LogP contribution in [0.25, 0.3) is 0 Å².